The molecule has 1 aromatic rings. The van der Waals surface area contributed by atoms with Crippen molar-refractivity contribution in [2.45, 2.75) is 84.1 Å². The SMILES string of the molecule is CC(c1nccs1)[C@H]1CC[C@H]2[C@@H]3CC[C@H]4NC(=O)CC[C@]4(C)[C@H]3CC[C@]12C. The van der Waals surface area contributed by atoms with Crippen LogP contribution in [0.2, 0.25) is 0 Å². The van der Waals surface area contributed by atoms with Crippen LogP contribution in [-0.2, 0) is 4.79 Å². The number of thiazole rings is 1. The van der Waals surface area contributed by atoms with Gasteiger partial charge in [-0.25, -0.2) is 4.98 Å². The van der Waals surface area contributed by atoms with E-state index in [0.717, 1.165) is 36.5 Å². The second kappa shape index (κ2) is 6.30. The van der Waals surface area contributed by atoms with Gasteiger partial charge in [-0.05, 0) is 79.4 Å². The van der Waals surface area contributed by atoms with Gasteiger partial charge in [0.1, 0.15) is 0 Å². The Bertz CT molecular complexity index is 718. The Kier molecular flexibility index (Phi) is 4.24. The molecule has 0 bridgehead atoms. The molecule has 148 valence electrons. The van der Waals surface area contributed by atoms with Crippen molar-refractivity contribution < 1.29 is 4.79 Å². The summed E-state index contributed by atoms with van der Waals surface area (Å²) in [5.41, 5.74) is 0.810. The fourth-order valence-electron chi connectivity index (χ4n) is 8.20. The lowest BCUT2D eigenvalue weighted by molar-refractivity contribution is -0.137. The average molecular weight is 387 g/mol. The van der Waals surface area contributed by atoms with Gasteiger partial charge in [0.2, 0.25) is 5.91 Å². The summed E-state index contributed by atoms with van der Waals surface area (Å²) < 4.78 is 0. The van der Waals surface area contributed by atoms with Gasteiger partial charge in [0.05, 0.1) is 5.01 Å². The first-order chi connectivity index (χ1) is 12.9. The Labute approximate surface area is 167 Å². The van der Waals surface area contributed by atoms with Crippen molar-refractivity contribution in [1.29, 1.82) is 0 Å². The monoisotopic (exact) mass is 386 g/mol. The predicted octanol–water partition coefficient (Wildman–Crippen LogP) is 5.38. The second-order valence-electron chi connectivity index (χ2n) is 10.5. The summed E-state index contributed by atoms with van der Waals surface area (Å²) in [6.07, 6.45) is 11.9. The van der Waals surface area contributed by atoms with Crippen LogP contribution >= 0.6 is 11.3 Å². The number of rotatable bonds is 2. The second-order valence-corrected chi connectivity index (χ2v) is 11.4. The van der Waals surface area contributed by atoms with Crippen LogP contribution in [0.25, 0.3) is 0 Å². The zero-order valence-corrected chi connectivity index (χ0v) is 17.9. The minimum Gasteiger partial charge on any atom is -0.353 e. The van der Waals surface area contributed by atoms with E-state index in [1.165, 1.54) is 43.5 Å². The summed E-state index contributed by atoms with van der Waals surface area (Å²) in [7, 11) is 0. The van der Waals surface area contributed by atoms with E-state index >= 15 is 0 Å². The van der Waals surface area contributed by atoms with Crippen molar-refractivity contribution >= 4 is 17.2 Å². The molecule has 0 aromatic carbocycles. The fourth-order valence-corrected chi connectivity index (χ4v) is 8.96. The first-order valence-corrected chi connectivity index (χ1v) is 12.0. The van der Waals surface area contributed by atoms with Gasteiger partial charge < -0.3 is 5.32 Å². The number of piperidine rings is 1. The van der Waals surface area contributed by atoms with Crippen LogP contribution in [0.4, 0.5) is 0 Å². The first kappa shape index (κ1) is 18.1. The molecule has 4 aliphatic rings. The van der Waals surface area contributed by atoms with Crippen molar-refractivity contribution in [3.8, 4) is 0 Å². The molecule has 0 spiro atoms. The van der Waals surface area contributed by atoms with Gasteiger partial charge in [-0.3, -0.25) is 4.79 Å². The fraction of sp³-hybridized carbons (Fsp3) is 0.826. The molecule has 1 aliphatic heterocycles. The molecular weight excluding hydrogens is 352 g/mol. The topological polar surface area (TPSA) is 42.0 Å². The van der Waals surface area contributed by atoms with Crippen molar-refractivity contribution in [2.75, 3.05) is 0 Å². The van der Waals surface area contributed by atoms with Crippen LogP contribution < -0.4 is 5.32 Å². The number of amides is 1. The Hall–Kier alpha value is -0.900. The van der Waals surface area contributed by atoms with Gasteiger partial charge in [0, 0.05) is 30.0 Å². The first-order valence-electron chi connectivity index (χ1n) is 11.1. The lowest BCUT2D eigenvalue weighted by Crippen LogP contribution is -2.61. The van der Waals surface area contributed by atoms with Crippen LogP contribution in [0.15, 0.2) is 11.6 Å². The molecule has 4 heteroatoms. The maximum Gasteiger partial charge on any atom is 0.220 e. The largest absolute Gasteiger partial charge is 0.353 e. The van der Waals surface area contributed by atoms with Crippen molar-refractivity contribution in [2.24, 2.45) is 34.5 Å². The number of aromatic nitrogens is 1. The van der Waals surface area contributed by atoms with Crippen molar-refractivity contribution in [3.63, 3.8) is 0 Å². The number of nitrogens with zero attached hydrogens (tertiary/aromatic N) is 1. The van der Waals surface area contributed by atoms with Gasteiger partial charge in [-0.15, -0.1) is 11.3 Å². The molecule has 0 radical (unpaired) electrons. The molecule has 27 heavy (non-hydrogen) atoms. The van der Waals surface area contributed by atoms with E-state index in [0.29, 0.717) is 22.8 Å². The third-order valence-electron chi connectivity index (χ3n) is 9.61. The highest BCUT2D eigenvalue weighted by Crippen LogP contribution is 2.67. The van der Waals surface area contributed by atoms with E-state index in [1.54, 1.807) is 0 Å². The van der Waals surface area contributed by atoms with Gasteiger partial charge >= 0.3 is 0 Å². The zero-order chi connectivity index (χ0) is 18.8. The summed E-state index contributed by atoms with van der Waals surface area (Å²) in [5.74, 6) is 4.22. The molecule has 1 unspecified atom stereocenters. The van der Waals surface area contributed by atoms with Crippen LogP contribution in [0.1, 0.15) is 83.1 Å². The molecule has 1 N–H and O–H groups in total. The van der Waals surface area contributed by atoms with Gasteiger partial charge in [0.15, 0.2) is 0 Å². The van der Waals surface area contributed by atoms with E-state index in [4.69, 9.17) is 0 Å². The van der Waals surface area contributed by atoms with Crippen molar-refractivity contribution in [1.82, 2.24) is 10.3 Å². The Morgan fingerprint density at radius 2 is 1.93 bits per heavy atom. The van der Waals surface area contributed by atoms with E-state index in [1.807, 2.05) is 17.5 Å². The molecule has 1 saturated heterocycles. The third-order valence-corrected chi connectivity index (χ3v) is 10.6. The standard InChI is InChI=1S/C23H34N2OS/c1-14(21-24-12-13-27-21)16-5-6-17-15-4-7-19-23(3,11-9-20(26)25-19)18(15)8-10-22(16,17)2/h12-19H,4-11H2,1-3H3,(H,25,26)/t14?,15-,16+,17-,18-,19+,22+,23+/m0/s1. The quantitative estimate of drug-likeness (QED) is 0.741. The Morgan fingerprint density at radius 3 is 2.70 bits per heavy atom. The third kappa shape index (κ3) is 2.58. The lowest BCUT2D eigenvalue weighted by Gasteiger charge is -2.60. The zero-order valence-electron chi connectivity index (χ0n) is 17.0. The van der Waals surface area contributed by atoms with Crippen LogP contribution in [0.3, 0.4) is 0 Å². The molecule has 3 aliphatic carbocycles. The Balaban J connectivity index is 1.41. The maximum absolute atomic E-state index is 12.0. The number of fused-ring (bicyclic) bond motifs is 5. The molecule has 8 atom stereocenters. The Morgan fingerprint density at radius 1 is 1.11 bits per heavy atom. The van der Waals surface area contributed by atoms with Gasteiger partial charge in [0.25, 0.3) is 0 Å². The number of carbonyl (C=O) groups is 1. The molecule has 1 aromatic heterocycles. The molecule has 4 fully saturated rings. The van der Waals surface area contributed by atoms with Gasteiger partial charge in [-0.2, -0.15) is 0 Å². The van der Waals surface area contributed by atoms with Crippen LogP contribution in [0, 0.1) is 34.5 Å². The summed E-state index contributed by atoms with van der Waals surface area (Å²) in [6, 6.07) is 0.427. The van der Waals surface area contributed by atoms with E-state index in [2.05, 4.69) is 36.5 Å². The number of hydrogen-bond acceptors (Lipinski definition) is 3. The highest BCUT2D eigenvalue weighted by Gasteiger charge is 2.60. The molecule has 2 heterocycles. The molecule has 5 rings (SSSR count). The summed E-state index contributed by atoms with van der Waals surface area (Å²) in [5, 5.41) is 6.84. The summed E-state index contributed by atoms with van der Waals surface area (Å²) in [6.45, 7) is 7.55. The minimum atomic E-state index is 0.287. The van der Waals surface area contributed by atoms with E-state index < -0.39 is 0 Å². The number of nitrogens with one attached hydrogen (secondary N) is 1. The molecule has 3 saturated carbocycles. The minimum absolute atomic E-state index is 0.287. The highest BCUT2D eigenvalue weighted by molar-refractivity contribution is 7.09. The molecule has 1 amide bonds. The normalized spacial score (nSPS) is 47.5. The molecule has 3 nitrogen and oxygen atoms in total. The highest BCUT2D eigenvalue weighted by atomic mass is 32.1. The average Bonchev–Trinajstić information content (AvgIpc) is 3.29. The summed E-state index contributed by atoms with van der Waals surface area (Å²) in [4.78, 5) is 16.6. The number of carbonyl (C=O) groups excluding carboxylic acids is 1. The number of hydrogen-bond donors (Lipinski definition) is 1. The summed E-state index contributed by atoms with van der Waals surface area (Å²) >= 11 is 1.84. The maximum atomic E-state index is 12.0. The predicted molar refractivity (Wildman–Crippen MR) is 110 cm³/mol. The molecular formula is C23H34N2OS. The van der Waals surface area contributed by atoms with E-state index in [9.17, 15) is 4.79 Å². The lowest BCUT2D eigenvalue weighted by atomic mass is 9.46. The van der Waals surface area contributed by atoms with Crippen LogP contribution in [-0.4, -0.2) is 16.9 Å². The van der Waals surface area contributed by atoms with Crippen molar-refractivity contribution in [3.05, 3.63) is 16.6 Å². The smallest absolute Gasteiger partial charge is 0.220 e. The van der Waals surface area contributed by atoms with Gasteiger partial charge in [-0.1, -0.05) is 20.8 Å². The van der Waals surface area contributed by atoms with E-state index in [-0.39, 0.29) is 5.91 Å². The van der Waals surface area contributed by atoms with Crippen LogP contribution in [0.5, 0.6) is 0 Å².